The van der Waals surface area contributed by atoms with Gasteiger partial charge < -0.3 is 14.6 Å². The summed E-state index contributed by atoms with van der Waals surface area (Å²) in [5.41, 5.74) is -0.849. The molecule has 0 aliphatic carbocycles. The average molecular weight is 293 g/mol. The van der Waals surface area contributed by atoms with Crippen molar-refractivity contribution in [1.82, 2.24) is 0 Å². The van der Waals surface area contributed by atoms with Crippen LogP contribution in [0.25, 0.3) is 0 Å². The van der Waals surface area contributed by atoms with E-state index in [1.807, 2.05) is 12.1 Å². The van der Waals surface area contributed by atoms with Gasteiger partial charge in [-0.15, -0.1) is 0 Å². The van der Waals surface area contributed by atoms with Crippen LogP contribution in [-0.4, -0.2) is 17.3 Å². The molecule has 0 radical (unpaired) electrons. The third kappa shape index (κ3) is 4.76. The van der Waals surface area contributed by atoms with E-state index in [1.54, 1.807) is 50.2 Å². The van der Waals surface area contributed by atoms with Gasteiger partial charge in [0.25, 0.3) is 0 Å². The molecule has 1 N–H and O–H groups in total. The molecule has 0 heterocycles. The van der Waals surface area contributed by atoms with Gasteiger partial charge in [-0.3, -0.25) is 0 Å². The van der Waals surface area contributed by atoms with Crippen LogP contribution < -0.4 is 9.47 Å². The summed E-state index contributed by atoms with van der Waals surface area (Å²) in [4.78, 5) is 0. The number of benzene rings is 2. The first-order valence-electron chi connectivity index (χ1n) is 6.31. The van der Waals surface area contributed by atoms with Crippen LogP contribution in [0, 0.1) is 0 Å². The zero-order valence-corrected chi connectivity index (χ0v) is 12.2. The van der Waals surface area contributed by atoms with E-state index in [0.717, 1.165) is 5.75 Å². The van der Waals surface area contributed by atoms with E-state index in [9.17, 15) is 5.11 Å². The molecule has 0 bridgehead atoms. The maximum atomic E-state index is 9.59. The number of rotatable bonds is 5. The molecule has 0 saturated heterocycles. The van der Waals surface area contributed by atoms with Crippen molar-refractivity contribution in [3.05, 3.63) is 53.6 Å². The van der Waals surface area contributed by atoms with Crippen molar-refractivity contribution < 1.29 is 14.6 Å². The van der Waals surface area contributed by atoms with Crippen LogP contribution in [0.5, 0.6) is 17.2 Å². The summed E-state index contributed by atoms with van der Waals surface area (Å²) in [5.74, 6) is 2.12. The number of aliphatic hydroxyl groups is 1. The van der Waals surface area contributed by atoms with Crippen molar-refractivity contribution >= 4 is 11.6 Å². The van der Waals surface area contributed by atoms with E-state index in [0.29, 0.717) is 16.5 Å². The highest BCUT2D eigenvalue weighted by Crippen LogP contribution is 2.25. The first-order valence-corrected chi connectivity index (χ1v) is 6.69. The third-order valence-corrected chi connectivity index (χ3v) is 2.72. The van der Waals surface area contributed by atoms with Gasteiger partial charge in [0.15, 0.2) is 0 Å². The van der Waals surface area contributed by atoms with Crippen molar-refractivity contribution in [3.8, 4) is 17.2 Å². The largest absolute Gasteiger partial charge is 0.491 e. The first kappa shape index (κ1) is 14.7. The second-order valence-corrected chi connectivity index (χ2v) is 5.56. The molecule has 0 atom stereocenters. The smallest absolute Gasteiger partial charge is 0.127 e. The Morgan fingerprint density at radius 2 is 1.35 bits per heavy atom. The topological polar surface area (TPSA) is 38.7 Å². The molecule has 0 fully saturated rings. The van der Waals surface area contributed by atoms with Crippen LogP contribution in [-0.2, 0) is 0 Å². The van der Waals surface area contributed by atoms with Crippen LogP contribution in [0.2, 0.25) is 5.02 Å². The van der Waals surface area contributed by atoms with Crippen molar-refractivity contribution in [3.63, 3.8) is 0 Å². The van der Waals surface area contributed by atoms with Crippen LogP contribution in [0.4, 0.5) is 0 Å². The molecule has 0 aromatic heterocycles. The summed E-state index contributed by atoms with van der Waals surface area (Å²) >= 11 is 5.81. The van der Waals surface area contributed by atoms with Crippen molar-refractivity contribution in [1.29, 1.82) is 0 Å². The number of ether oxygens (including phenoxy) is 2. The molecule has 0 amide bonds. The van der Waals surface area contributed by atoms with E-state index in [1.165, 1.54) is 0 Å². The summed E-state index contributed by atoms with van der Waals surface area (Å²) in [6.45, 7) is 3.64. The van der Waals surface area contributed by atoms with Gasteiger partial charge in [-0.1, -0.05) is 11.6 Å². The molecule has 0 spiro atoms. The lowest BCUT2D eigenvalue weighted by molar-refractivity contribution is 0.0285. The molecule has 0 aliphatic rings. The van der Waals surface area contributed by atoms with E-state index in [4.69, 9.17) is 21.1 Å². The molecule has 2 aromatic rings. The lowest BCUT2D eigenvalue weighted by Crippen LogP contribution is -2.27. The Morgan fingerprint density at radius 3 is 1.85 bits per heavy atom. The average Bonchev–Trinajstić information content (AvgIpc) is 2.40. The third-order valence-electron chi connectivity index (χ3n) is 2.47. The molecule has 20 heavy (non-hydrogen) atoms. The fourth-order valence-corrected chi connectivity index (χ4v) is 1.63. The highest BCUT2D eigenvalue weighted by molar-refractivity contribution is 6.30. The molecule has 2 aromatic carbocycles. The van der Waals surface area contributed by atoms with Gasteiger partial charge in [0.2, 0.25) is 0 Å². The van der Waals surface area contributed by atoms with Crippen LogP contribution >= 0.6 is 11.6 Å². The fourth-order valence-electron chi connectivity index (χ4n) is 1.50. The van der Waals surface area contributed by atoms with Crippen LogP contribution in [0.1, 0.15) is 13.8 Å². The Bertz CT molecular complexity index is 541. The lowest BCUT2D eigenvalue weighted by atomic mass is 10.2. The quantitative estimate of drug-likeness (QED) is 0.894. The molecular weight excluding hydrogens is 276 g/mol. The van der Waals surface area contributed by atoms with Crippen molar-refractivity contribution in [2.45, 2.75) is 19.4 Å². The molecular formula is C16H17ClO3. The fraction of sp³-hybridized carbons (Fsp3) is 0.250. The molecule has 3 nitrogen and oxygen atoms in total. The van der Waals surface area contributed by atoms with E-state index in [-0.39, 0.29) is 6.61 Å². The number of halogens is 1. The minimum absolute atomic E-state index is 0.240. The Labute approximate surface area is 123 Å². The van der Waals surface area contributed by atoms with Crippen LogP contribution in [0.3, 0.4) is 0 Å². The predicted molar refractivity (Wildman–Crippen MR) is 79.8 cm³/mol. The van der Waals surface area contributed by atoms with E-state index in [2.05, 4.69) is 0 Å². The minimum atomic E-state index is -0.849. The molecule has 0 unspecified atom stereocenters. The Morgan fingerprint density at radius 1 is 0.900 bits per heavy atom. The van der Waals surface area contributed by atoms with Gasteiger partial charge in [0.05, 0.1) is 5.60 Å². The summed E-state index contributed by atoms with van der Waals surface area (Å²) < 4.78 is 11.1. The highest BCUT2D eigenvalue weighted by Gasteiger charge is 2.13. The van der Waals surface area contributed by atoms with Crippen molar-refractivity contribution in [2.75, 3.05) is 6.61 Å². The van der Waals surface area contributed by atoms with Gasteiger partial charge in [-0.25, -0.2) is 0 Å². The van der Waals surface area contributed by atoms with Crippen molar-refractivity contribution in [2.24, 2.45) is 0 Å². The molecule has 106 valence electrons. The van der Waals surface area contributed by atoms with Gasteiger partial charge in [0.1, 0.15) is 23.9 Å². The summed E-state index contributed by atoms with van der Waals surface area (Å²) in [5, 5.41) is 10.3. The standard InChI is InChI=1S/C16H17ClO3/c1-16(2,18)11-19-13-7-9-15(10-8-13)20-14-5-3-12(17)4-6-14/h3-10,18H,11H2,1-2H3. The Hall–Kier alpha value is -1.71. The zero-order valence-electron chi connectivity index (χ0n) is 11.5. The molecule has 0 saturated carbocycles. The zero-order chi connectivity index (χ0) is 14.6. The number of hydrogen-bond donors (Lipinski definition) is 1. The van der Waals surface area contributed by atoms with Gasteiger partial charge >= 0.3 is 0 Å². The second kappa shape index (κ2) is 6.16. The Kier molecular flexibility index (Phi) is 4.53. The first-order chi connectivity index (χ1) is 9.42. The minimum Gasteiger partial charge on any atom is -0.491 e. The van der Waals surface area contributed by atoms with E-state index < -0.39 is 5.60 Å². The lowest BCUT2D eigenvalue weighted by Gasteiger charge is -2.17. The predicted octanol–water partition coefficient (Wildman–Crippen LogP) is 4.28. The Balaban J connectivity index is 1.96. The summed E-state index contributed by atoms with van der Waals surface area (Å²) in [7, 11) is 0. The number of hydrogen-bond acceptors (Lipinski definition) is 3. The highest BCUT2D eigenvalue weighted by atomic mass is 35.5. The maximum Gasteiger partial charge on any atom is 0.127 e. The normalized spacial score (nSPS) is 11.2. The molecule has 4 heteroatoms. The second-order valence-electron chi connectivity index (χ2n) is 5.13. The van der Waals surface area contributed by atoms with Crippen LogP contribution in [0.15, 0.2) is 48.5 Å². The van der Waals surface area contributed by atoms with Gasteiger partial charge in [0, 0.05) is 5.02 Å². The van der Waals surface area contributed by atoms with Gasteiger partial charge in [-0.2, -0.15) is 0 Å². The SMILES string of the molecule is CC(C)(O)COc1ccc(Oc2ccc(Cl)cc2)cc1. The summed E-state index contributed by atoms with van der Waals surface area (Å²) in [6.07, 6.45) is 0. The maximum absolute atomic E-state index is 9.59. The molecule has 0 aliphatic heterocycles. The summed E-state index contributed by atoms with van der Waals surface area (Å²) in [6, 6.07) is 14.4. The monoisotopic (exact) mass is 292 g/mol. The molecule has 2 rings (SSSR count). The van der Waals surface area contributed by atoms with Gasteiger partial charge in [-0.05, 0) is 62.4 Å². The van der Waals surface area contributed by atoms with E-state index >= 15 is 0 Å².